The van der Waals surface area contributed by atoms with Crippen LogP contribution >= 0.6 is 23.4 Å². The molecule has 0 aliphatic heterocycles. The monoisotopic (exact) mass is 178 g/mol. The first kappa shape index (κ1) is 10.4. The fourth-order valence-corrected chi connectivity index (χ4v) is 1.70. The smallest absolute Gasteiger partial charge is 0.0257 e. The zero-order valence-electron chi connectivity index (χ0n) is 6.64. The van der Waals surface area contributed by atoms with Crippen LogP contribution in [0.25, 0.3) is 0 Å². The van der Waals surface area contributed by atoms with E-state index in [4.69, 9.17) is 11.6 Å². The van der Waals surface area contributed by atoms with E-state index in [1.54, 1.807) is 0 Å². The van der Waals surface area contributed by atoms with Crippen molar-refractivity contribution in [3.05, 3.63) is 12.2 Å². The van der Waals surface area contributed by atoms with E-state index >= 15 is 0 Å². The van der Waals surface area contributed by atoms with E-state index in [9.17, 15) is 0 Å². The lowest BCUT2D eigenvalue weighted by Crippen LogP contribution is -1.99. The van der Waals surface area contributed by atoms with E-state index < -0.39 is 0 Å². The summed E-state index contributed by atoms with van der Waals surface area (Å²) in [7, 11) is 0. The van der Waals surface area contributed by atoms with Gasteiger partial charge in [0.2, 0.25) is 0 Å². The van der Waals surface area contributed by atoms with Gasteiger partial charge in [0.25, 0.3) is 0 Å². The van der Waals surface area contributed by atoms with Crippen molar-refractivity contribution >= 4 is 23.4 Å². The number of hydrogen-bond acceptors (Lipinski definition) is 1. The summed E-state index contributed by atoms with van der Waals surface area (Å²) in [6.07, 6.45) is 4.25. The highest BCUT2D eigenvalue weighted by Gasteiger charge is 1.97. The average Bonchev–Trinajstić information content (AvgIpc) is 1.98. The summed E-state index contributed by atoms with van der Waals surface area (Å²) >= 11 is 7.57. The first-order valence-corrected chi connectivity index (χ1v) is 5.25. The Bertz CT molecular complexity index is 91.3. The Hall–Kier alpha value is 0.380. The van der Waals surface area contributed by atoms with E-state index in [2.05, 4.69) is 19.1 Å². The molecule has 0 aromatic heterocycles. The number of alkyl halides is 1. The van der Waals surface area contributed by atoms with Gasteiger partial charge in [0.05, 0.1) is 0 Å². The first-order valence-electron chi connectivity index (χ1n) is 3.56. The molecule has 0 aliphatic rings. The van der Waals surface area contributed by atoms with Gasteiger partial charge in [-0.25, -0.2) is 0 Å². The highest BCUT2D eigenvalue weighted by molar-refractivity contribution is 7.99. The van der Waals surface area contributed by atoms with Gasteiger partial charge >= 0.3 is 0 Å². The second-order valence-corrected chi connectivity index (χ2v) is 3.75. The molecule has 1 unspecified atom stereocenters. The van der Waals surface area contributed by atoms with Gasteiger partial charge in [0, 0.05) is 11.6 Å². The minimum atomic E-state index is 0.650. The van der Waals surface area contributed by atoms with Crippen LogP contribution in [0.1, 0.15) is 13.8 Å². The second-order valence-electron chi connectivity index (χ2n) is 2.37. The minimum Gasteiger partial charge on any atom is -0.158 e. The van der Waals surface area contributed by atoms with Crippen LogP contribution in [0.5, 0.6) is 0 Å². The minimum absolute atomic E-state index is 0.650. The molecular formula is C8H15ClS. The third-order valence-electron chi connectivity index (χ3n) is 1.12. The lowest BCUT2D eigenvalue weighted by Gasteiger charge is -2.03. The number of rotatable bonds is 5. The zero-order valence-corrected chi connectivity index (χ0v) is 8.21. The van der Waals surface area contributed by atoms with Gasteiger partial charge in [0.1, 0.15) is 0 Å². The normalized spacial score (nSPS) is 14.3. The Morgan fingerprint density at radius 2 is 2.30 bits per heavy atom. The molecule has 0 aliphatic carbocycles. The van der Waals surface area contributed by atoms with E-state index in [1.165, 1.54) is 5.75 Å². The molecule has 0 nitrogen and oxygen atoms in total. The standard InChI is InChI=1S/C8H15ClS/c1-3-4-5-10-7-8(2)6-9/h3-4,8H,5-7H2,1-2H3/b4-3+. The second kappa shape index (κ2) is 7.49. The summed E-state index contributed by atoms with van der Waals surface area (Å²) in [6, 6.07) is 0. The molecule has 0 aromatic rings. The molecule has 0 N–H and O–H groups in total. The maximum Gasteiger partial charge on any atom is 0.0257 e. The average molecular weight is 179 g/mol. The lowest BCUT2D eigenvalue weighted by atomic mass is 10.3. The Labute approximate surface area is 73.0 Å². The molecule has 0 bridgehead atoms. The number of hydrogen-bond donors (Lipinski definition) is 0. The Kier molecular flexibility index (Phi) is 7.77. The molecule has 0 radical (unpaired) electrons. The molecule has 10 heavy (non-hydrogen) atoms. The molecule has 2 heteroatoms. The van der Waals surface area contributed by atoms with Gasteiger partial charge in [-0.2, -0.15) is 11.8 Å². The van der Waals surface area contributed by atoms with Crippen LogP contribution in [-0.4, -0.2) is 17.4 Å². The van der Waals surface area contributed by atoms with Crippen molar-refractivity contribution < 1.29 is 0 Å². The van der Waals surface area contributed by atoms with Gasteiger partial charge in [0.15, 0.2) is 0 Å². The van der Waals surface area contributed by atoms with Crippen LogP contribution in [0.3, 0.4) is 0 Å². The van der Waals surface area contributed by atoms with Crippen LogP contribution < -0.4 is 0 Å². The van der Waals surface area contributed by atoms with E-state index in [1.807, 2.05) is 18.7 Å². The summed E-state index contributed by atoms with van der Waals surface area (Å²) in [5.41, 5.74) is 0. The van der Waals surface area contributed by atoms with Crippen molar-refractivity contribution in [2.24, 2.45) is 5.92 Å². The number of allylic oxidation sites excluding steroid dienone is 1. The topological polar surface area (TPSA) is 0 Å². The summed E-state index contributed by atoms with van der Waals surface area (Å²) in [5.74, 6) is 3.73. The Morgan fingerprint density at radius 1 is 1.60 bits per heavy atom. The molecule has 0 aromatic carbocycles. The largest absolute Gasteiger partial charge is 0.158 e. The Morgan fingerprint density at radius 3 is 2.80 bits per heavy atom. The van der Waals surface area contributed by atoms with Crippen LogP contribution in [0.2, 0.25) is 0 Å². The maximum absolute atomic E-state index is 5.63. The highest BCUT2D eigenvalue weighted by atomic mass is 35.5. The van der Waals surface area contributed by atoms with Gasteiger partial charge in [-0.1, -0.05) is 19.1 Å². The molecule has 0 spiro atoms. The molecule has 0 heterocycles. The fraction of sp³-hybridized carbons (Fsp3) is 0.750. The SMILES string of the molecule is C/C=C/CSCC(C)CCl. The van der Waals surface area contributed by atoms with E-state index in [0.717, 1.165) is 11.6 Å². The van der Waals surface area contributed by atoms with Crippen molar-refractivity contribution in [3.8, 4) is 0 Å². The van der Waals surface area contributed by atoms with Crippen LogP contribution in [0.4, 0.5) is 0 Å². The van der Waals surface area contributed by atoms with Crippen molar-refractivity contribution in [2.75, 3.05) is 17.4 Å². The van der Waals surface area contributed by atoms with Crippen LogP contribution in [0.15, 0.2) is 12.2 Å². The number of halogens is 1. The molecule has 0 amide bonds. The van der Waals surface area contributed by atoms with Crippen molar-refractivity contribution in [3.63, 3.8) is 0 Å². The third kappa shape index (κ3) is 6.50. The highest BCUT2D eigenvalue weighted by Crippen LogP contribution is 2.09. The van der Waals surface area contributed by atoms with Crippen molar-refractivity contribution in [1.82, 2.24) is 0 Å². The lowest BCUT2D eigenvalue weighted by molar-refractivity contribution is 0.759. The fourth-order valence-electron chi connectivity index (χ4n) is 0.478. The van der Waals surface area contributed by atoms with Gasteiger partial charge in [-0.15, -0.1) is 11.6 Å². The zero-order chi connectivity index (χ0) is 7.82. The van der Waals surface area contributed by atoms with Gasteiger partial charge in [-0.3, -0.25) is 0 Å². The molecule has 0 saturated heterocycles. The molecule has 0 saturated carbocycles. The predicted octanol–water partition coefficient (Wildman–Crippen LogP) is 3.17. The summed E-state index contributed by atoms with van der Waals surface area (Å²) in [4.78, 5) is 0. The summed E-state index contributed by atoms with van der Waals surface area (Å²) < 4.78 is 0. The summed E-state index contributed by atoms with van der Waals surface area (Å²) in [5, 5.41) is 0. The van der Waals surface area contributed by atoms with Gasteiger partial charge in [-0.05, 0) is 18.6 Å². The molecule has 0 fully saturated rings. The quantitative estimate of drug-likeness (QED) is 0.354. The van der Waals surface area contributed by atoms with Crippen LogP contribution in [0, 0.1) is 5.92 Å². The summed E-state index contributed by atoms with van der Waals surface area (Å²) in [6.45, 7) is 4.22. The Balaban J connectivity index is 3.03. The van der Waals surface area contributed by atoms with Crippen molar-refractivity contribution in [1.29, 1.82) is 0 Å². The first-order chi connectivity index (χ1) is 4.81. The van der Waals surface area contributed by atoms with E-state index in [-0.39, 0.29) is 0 Å². The molecule has 1 atom stereocenters. The van der Waals surface area contributed by atoms with Crippen molar-refractivity contribution in [2.45, 2.75) is 13.8 Å². The van der Waals surface area contributed by atoms with Crippen LogP contribution in [-0.2, 0) is 0 Å². The third-order valence-corrected chi connectivity index (χ3v) is 2.88. The molecular weight excluding hydrogens is 164 g/mol. The molecule has 0 rings (SSSR count). The maximum atomic E-state index is 5.63. The number of thioether (sulfide) groups is 1. The predicted molar refractivity (Wildman–Crippen MR) is 52.0 cm³/mol. The van der Waals surface area contributed by atoms with E-state index in [0.29, 0.717) is 5.92 Å². The molecule has 60 valence electrons. The van der Waals surface area contributed by atoms with Gasteiger partial charge < -0.3 is 0 Å².